The Hall–Kier alpha value is -0.490. The Kier molecular flexibility index (Phi) is 6.60. The summed E-state index contributed by atoms with van der Waals surface area (Å²) in [5.74, 6) is 0.208. The van der Waals surface area contributed by atoms with E-state index >= 15 is 0 Å². The number of thiophene rings is 1. The Bertz CT molecular complexity index is 654. The summed E-state index contributed by atoms with van der Waals surface area (Å²) in [5.41, 5.74) is 0.443. The molecular weight excluding hydrogens is 438 g/mol. The third-order valence-corrected chi connectivity index (χ3v) is 6.18. The number of benzene rings is 1. The maximum absolute atomic E-state index is 13.3. The molecule has 2 aromatic rings. The second-order valence-corrected chi connectivity index (χ2v) is 9.75. The topological polar surface area (TPSA) is 20.3 Å². The second kappa shape index (κ2) is 8.06. The molecule has 0 N–H and O–H groups in total. The fraction of sp³-hybridized carbons (Fsp3) is 0.389. The molecule has 1 aromatic heterocycles. The van der Waals surface area contributed by atoms with Crippen molar-refractivity contribution in [3.8, 4) is 0 Å². The van der Waals surface area contributed by atoms with Crippen LogP contribution in [0.3, 0.4) is 0 Å². The molecule has 5 heteroatoms. The van der Waals surface area contributed by atoms with Crippen LogP contribution in [0.4, 0.5) is 0 Å². The van der Waals surface area contributed by atoms with Gasteiger partial charge in [-0.3, -0.25) is 4.79 Å². The van der Waals surface area contributed by atoms with Gasteiger partial charge in [0.05, 0.1) is 14.0 Å². The average Bonchev–Trinajstić information content (AvgIpc) is 2.95. The molecule has 23 heavy (non-hydrogen) atoms. The van der Waals surface area contributed by atoms with E-state index in [1.807, 2.05) is 45.3 Å². The Morgan fingerprint density at radius 1 is 1.22 bits per heavy atom. The smallest absolute Gasteiger partial charge is 0.161 e. The van der Waals surface area contributed by atoms with Gasteiger partial charge in [0.2, 0.25) is 0 Å². The molecule has 0 fully saturated rings. The highest BCUT2D eigenvalue weighted by atomic mass is 79.9. The molecule has 0 aliphatic heterocycles. The van der Waals surface area contributed by atoms with Crippen LogP contribution in [-0.4, -0.2) is 36.2 Å². The number of ketones is 1. The minimum absolute atomic E-state index is 0.203. The lowest BCUT2D eigenvalue weighted by molar-refractivity contribution is -0.122. The highest BCUT2D eigenvalue weighted by molar-refractivity contribution is 9.11. The van der Waals surface area contributed by atoms with Crippen molar-refractivity contribution < 1.29 is 4.79 Å². The highest BCUT2D eigenvalue weighted by Gasteiger charge is 2.44. The van der Waals surface area contributed by atoms with Crippen LogP contribution < -0.4 is 0 Å². The van der Waals surface area contributed by atoms with Crippen LogP contribution in [0.1, 0.15) is 23.8 Å². The fourth-order valence-corrected chi connectivity index (χ4v) is 4.82. The van der Waals surface area contributed by atoms with E-state index in [1.165, 1.54) is 0 Å². The van der Waals surface area contributed by atoms with Crippen molar-refractivity contribution in [2.24, 2.45) is 0 Å². The summed E-state index contributed by atoms with van der Waals surface area (Å²) in [5, 5.41) is 0. The van der Waals surface area contributed by atoms with Crippen molar-refractivity contribution in [1.82, 2.24) is 4.90 Å². The fourth-order valence-electron chi connectivity index (χ4n) is 2.79. The summed E-state index contributed by atoms with van der Waals surface area (Å²) in [7, 11) is 4.09. The van der Waals surface area contributed by atoms with E-state index in [-0.39, 0.29) is 10.6 Å². The first-order valence-electron chi connectivity index (χ1n) is 7.52. The van der Waals surface area contributed by atoms with Gasteiger partial charge in [-0.25, -0.2) is 0 Å². The van der Waals surface area contributed by atoms with Crippen LogP contribution in [0, 0.1) is 0 Å². The maximum Gasteiger partial charge on any atom is 0.161 e. The molecule has 0 amide bonds. The molecule has 2 rings (SSSR count). The summed E-state index contributed by atoms with van der Waals surface area (Å²) in [6.45, 7) is 2.76. The van der Waals surface area contributed by atoms with Crippen LogP contribution in [0.5, 0.6) is 0 Å². The molecule has 0 aliphatic carbocycles. The standard InChI is InChI=1S/C18H21Br2NOS/c1-13(19)17(22)18(11-12-21(2)3,14-7-5-4-6-8-14)15-9-10-16(20)23-15/h4-10,13H,11-12H2,1-3H3. The van der Waals surface area contributed by atoms with Gasteiger partial charge in [-0.15, -0.1) is 11.3 Å². The monoisotopic (exact) mass is 457 g/mol. The van der Waals surface area contributed by atoms with Crippen molar-refractivity contribution in [3.05, 3.63) is 56.7 Å². The summed E-state index contributed by atoms with van der Waals surface area (Å²) in [6.07, 6.45) is 0.756. The van der Waals surface area contributed by atoms with Gasteiger partial charge in [0.25, 0.3) is 0 Å². The van der Waals surface area contributed by atoms with Gasteiger partial charge < -0.3 is 4.90 Å². The van der Waals surface area contributed by atoms with Crippen LogP contribution in [0.25, 0.3) is 0 Å². The molecule has 0 aliphatic rings. The predicted octanol–water partition coefficient (Wildman–Crippen LogP) is 5.10. The van der Waals surface area contributed by atoms with Crippen molar-refractivity contribution in [2.45, 2.75) is 23.6 Å². The summed E-state index contributed by atoms with van der Waals surface area (Å²) < 4.78 is 1.05. The number of Topliss-reactive ketones (excluding diaryl/α,β-unsaturated/α-hetero) is 1. The van der Waals surface area contributed by atoms with Crippen molar-refractivity contribution in [2.75, 3.05) is 20.6 Å². The Morgan fingerprint density at radius 2 is 1.87 bits per heavy atom. The van der Waals surface area contributed by atoms with Gasteiger partial charge in [0, 0.05) is 4.88 Å². The predicted molar refractivity (Wildman–Crippen MR) is 106 cm³/mol. The quantitative estimate of drug-likeness (QED) is 0.538. The lowest BCUT2D eigenvalue weighted by Gasteiger charge is -2.34. The third kappa shape index (κ3) is 4.13. The lowest BCUT2D eigenvalue weighted by Crippen LogP contribution is -2.42. The van der Waals surface area contributed by atoms with E-state index in [4.69, 9.17) is 0 Å². The van der Waals surface area contributed by atoms with Gasteiger partial charge in [0.15, 0.2) is 5.78 Å². The second-order valence-electron chi connectivity index (χ2n) is 5.91. The van der Waals surface area contributed by atoms with Gasteiger partial charge >= 0.3 is 0 Å². The molecule has 2 atom stereocenters. The van der Waals surface area contributed by atoms with Crippen LogP contribution in [0.15, 0.2) is 46.3 Å². The number of hydrogen-bond donors (Lipinski definition) is 0. The van der Waals surface area contributed by atoms with Gasteiger partial charge in [-0.2, -0.15) is 0 Å². The minimum atomic E-state index is -0.620. The zero-order chi connectivity index (χ0) is 17.0. The molecule has 0 bridgehead atoms. The molecule has 1 aromatic carbocycles. The van der Waals surface area contributed by atoms with E-state index in [0.717, 1.165) is 27.2 Å². The minimum Gasteiger partial charge on any atom is -0.309 e. The SMILES string of the molecule is CC(Br)C(=O)C(CCN(C)C)(c1ccccc1)c1ccc(Br)s1. The first-order valence-corrected chi connectivity index (χ1v) is 10.0. The average molecular weight is 459 g/mol. The number of nitrogens with zero attached hydrogens (tertiary/aromatic N) is 1. The van der Waals surface area contributed by atoms with Crippen molar-refractivity contribution >= 4 is 49.0 Å². The molecule has 0 radical (unpaired) electrons. The molecule has 0 saturated carbocycles. The summed E-state index contributed by atoms with van der Waals surface area (Å²) >= 11 is 8.71. The van der Waals surface area contributed by atoms with E-state index in [9.17, 15) is 4.79 Å². The Labute approximate surface area is 159 Å². The maximum atomic E-state index is 13.3. The summed E-state index contributed by atoms with van der Waals surface area (Å²) in [4.78, 5) is 16.3. The Morgan fingerprint density at radius 3 is 2.35 bits per heavy atom. The molecule has 124 valence electrons. The van der Waals surface area contributed by atoms with Crippen LogP contribution >= 0.6 is 43.2 Å². The zero-order valence-electron chi connectivity index (χ0n) is 13.6. The lowest BCUT2D eigenvalue weighted by atomic mass is 9.72. The van der Waals surface area contributed by atoms with E-state index in [1.54, 1.807) is 11.3 Å². The first kappa shape index (κ1) is 18.8. The number of halogens is 2. The van der Waals surface area contributed by atoms with E-state index in [2.05, 4.69) is 55.0 Å². The molecule has 0 saturated heterocycles. The van der Waals surface area contributed by atoms with Crippen molar-refractivity contribution in [1.29, 1.82) is 0 Å². The number of hydrogen-bond acceptors (Lipinski definition) is 3. The van der Waals surface area contributed by atoms with E-state index in [0.29, 0.717) is 0 Å². The highest BCUT2D eigenvalue weighted by Crippen LogP contribution is 2.43. The molecular formula is C18H21Br2NOS. The van der Waals surface area contributed by atoms with Gasteiger partial charge in [0.1, 0.15) is 0 Å². The number of rotatable bonds is 7. The third-order valence-electron chi connectivity index (χ3n) is 3.98. The number of carbonyl (C=O) groups is 1. The van der Waals surface area contributed by atoms with Gasteiger partial charge in [-0.1, -0.05) is 46.3 Å². The molecule has 2 nitrogen and oxygen atoms in total. The molecule has 0 spiro atoms. The van der Waals surface area contributed by atoms with E-state index < -0.39 is 5.41 Å². The molecule has 1 heterocycles. The molecule has 2 unspecified atom stereocenters. The first-order chi connectivity index (χ1) is 10.9. The van der Waals surface area contributed by atoms with Crippen LogP contribution in [-0.2, 0) is 10.2 Å². The largest absolute Gasteiger partial charge is 0.309 e. The van der Waals surface area contributed by atoms with Crippen molar-refractivity contribution in [3.63, 3.8) is 0 Å². The number of carbonyl (C=O) groups excluding carboxylic acids is 1. The zero-order valence-corrected chi connectivity index (χ0v) is 17.5. The summed E-state index contributed by atoms with van der Waals surface area (Å²) in [6, 6.07) is 14.2. The normalized spacial score (nSPS) is 15.4. The Balaban J connectivity index is 2.64. The number of alkyl halides is 1. The van der Waals surface area contributed by atoms with Gasteiger partial charge in [-0.05, 0) is 67.6 Å². The van der Waals surface area contributed by atoms with Crippen LogP contribution in [0.2, 0.25) is 0 Å².